The minimum absolute atomic E-state index is 0.0879. The Morgan fingerprint density at radius 1 is 1.14 bits per heavy atom. The molecule has 1 saturated heterocycles. The van der Waals surface area contributed by atoms with Crippen LogP contribution >= 0.6 is 0 Å². The number of ketones is 1. The second-order valence-electron chi connectivity index (χ2n) is 11.4. The van der Waals surface area contributed by atoms with Gasteiger partial charge in [-0.1, -0.05) is 0 Å². The Bertz CT molecular complexity index is 1120. The van der Waals surface area contributed by atoms with Gasteiger partial charge in [-0.05, 0) is 81.8 Å². The number of carbonyl (C=O) groups is 2. The van der Waals surface area contributed by atoms with E-state index < -0.39 is 40.8 Å². The smallest absolute Gasteiger partial charge is 0.308 e. The summed E-state index contributed by atoms with van der Waals surface area (Å²) in [4.78, 5) is 29.3. The average Bonchev–Trinajstić information content (AvgIpc) is 3.55. The lowest BCUT2D eigenvalue weighted by Gasteiger charge is -2.41. The van der Waals surface area contributed by atoms with Crippen molar-refractivity contribution in [1.29, 1.82) is 0 Å². The quantitative estimate of drug-likeness (QED) is 0.504. The number of hydrogen-bond donors (Lipinski definition) is 2. The zero-order chi connectivity index (χ0) is 26.6. The van der Waals surface area contributed by atoms with E-state index in [1.165, 1.54) is 7.11 Å². The van der Waals surface area contributed by atoms with Gasteiger partial charge in [0.05, 0.1) is 37.7 Å². The van der Waals surface area contributed by atoms with Crippen LogP contribution < -0.4 is 9.47 Å². The fourth-order valence-corrected chi connectivity index (χ4v) is 6.72. The van der Waals surface area contributed by atoms with Crippen LogP contribution in [0.5, 0.6) is 11.5 Å². The van der Waals surface area contributed by atoms with Crippen molar-refractivity contribution in [1.82, 2.24) is 4.90 Å². The summed E-state index contributed by atoms with van der Waals surface area (Å²) in [5.41, 5.74) is -1.55. The van der Waals surface area contributed by atoms with Crippen LogP contribution in [0.3, 0.4) is 0 Å². The molecule has 1 spiro atoms. The summed E-state index contributed by atoms with van der Waals surface area (Å²) in [6.07, 6.45) is 4.24. The second kappa shape index (κ2) is 9.29. The lowest BCUT2D eigenvalue weighted by molar-refractivity contribution is -0.157. The number of ether oxygens (including phenoxy) is 4. The predicted molar refractivity (Wildman–Crippen MR) is 133 cm³/mol. The number of allylic oxidation sites excluding steroid dienone is 1. The highest BCUT2D eigenvalue weighted by Gasteiger charge is 2.61. The maximum absolute atomic E-state index is 14.5. The van der Waals surface area contributed by atoms with Crippen LogP contribution in [0.2, 0.25) is 0 Å². The Labute approximate surface area is 217 Å². The highest BCUT2D eigenvalue weighted by atomic mass is 16.7. The van der Waals surface area contributed by atoms with Crippen LogP contribution in [0, 0.1) is 5.92 Å². The van der Waals surface area contributed by atoms with Gasteiger partial charge < -0.3 is 29.2 Å². The average molecular weight is 516 g/mol. The molecule has 0 radical (unpaired) electrons. The molecule has 5 rings (SSSR count). The van der Waals surface area contributed by atoms with Crippen LogP contribution in [0.1, 0.15) is 63.0 Å². The Morgan fingerprint density at radius 3 is 2.54 bits per heavy atom. The third-order valence-electron chi connectivity index (χ3n) is 8.58. The third-order valence-corrected chi connectivity index (χ3v) is 8.58. The molecule has 202 valence electrons. The summed E-state index contributed by atoms with van der Waals surface area (Å²) in [6, 6.07) is 3.99. The molecule has 1 aromatic rings. The van der Waals surface area contributed by atoms with Crippen molar-refractivity contribution in [3.63, 3.8) is 0 Å². The Hall–Kier alpha value is -2.62. The number of hydrogen-bond acceptors (Lipinski definition) is 9. The van der Waals surface area contributed by atoms with E-state index in [-0.39, 0.29) is 25.6 Å². The first kappa shape index (κ1) is 26.0. The fraction of sp³-hybridized carbons (Fsp3) is 0.643. The molecule has 1 fully saturated rings. The van der Waals surface area contributed by atoms with Crippen LogP contribution in [0.15, 0.2) is 24.0 Å². The van der Waals surface area contributed by atoms with Crippen molar-refractivity contribution in [2.75, 3.05) is 34.1 Å². The van der Waals surface area contributed by atoms with E-state index in [1.54, 1.807) is 21.0 Å². The van der Waals surface area contributed by atoms with Gasteiger partial charge >= 0.3 is 5.97 Å². The number of fused-ring (bicyclic) bond motifs is 3. The largest absolute Gasteiger partial charge is 0.501 e. The first-order valence-corrected chi connectivity index (χ1v) is 13.0. The van der Waals surface area contributed by atoms with E-state index >= 15 is 0 Å². The van der Waals surface area contributed by atoms with Crippen molar-refractivity contribution in [3.05, 3.63) is 35.1 Å². The Kier molecular flexibility index (Phi) is 6.53. The monoisotopic (exact) mass is 515 g/mol. The molecule has 0 aromatic heterocycles. The van der Waals surface area contributed by atoms with Crippen molar-refractivity contribution >= 4 is 11.8 Å². The Balaban J connectivity index is 1.63. The molecule has 0 bridgehead atoms. The van der Waals surface area contributed by atoms with Crippen LogP contribution in [-0.4, -0.2) is 77.7 Å². The van der Waals surface area contributed by atoms with Gasteiger partial charge in [0.25, 0.3) is 0 Å². The van der Waals surface area contributed by atoms with E-state index in [1.807, 2.05) is 12.1 Å². The molecule has 9 heteroatoms. The molecule has 3 aliphatic heterocycles. The van der Waals surface area contributed by atoms with E-state index in [0.29, 0.717) is 17.3 Å². The van der Waals surface area contributed by atoms with Gasteiger partial charge in [0, 0.05) is 12.5 Å². The molecule has 4 aliphatic rings. The second-order valence-corrected chi connectivity index (χ2v) is 11.4. The van der Waals surface area contributed by atoms with E-state index in [0.717, 1.165) is 43.5 Å². The number of benzene rings is 1. The lowest BCUT2D eigenvalue weighted by Crippen LogP contribution is -2.51. The minimum atomic E-state index is -2.03. The number of methoxy groups -OCH3 is 2. The molecule has 3 heterocycles. The normalized spacial score (nSPS) is 27.9. The highest BCUT2D eigenvalue weighted by Crippen LogP contribution is 2.58. The molecule has 0 saturated carbocycles. The molecule has 2 N–H and O–H groups in total. The van der Waals surface area contributed by atoms with Gasteiger partial charge in [-0.15, -0.1) is 0 Å². The van der Waals surface area contributed by atoms with E-state index in [4.69, 9.17) is 18.9 Å². The number of carbonyl (C=O) groups excluding carboxylic acids is 2. The van der Waals surface area contributed by atoms with E-state index in [9.17, 15) is 19.8 Å². The molecule has 0 amide bonds. The Morgan fingerprint density at radius 2 is 1.86 bits per heavy atom. The maximum atomic E-state index is 14.5. The topological polar surface area (TPSA) is 115 Å². The zero-order valence-electron chi connectivity index (χ0n) is 22.0. The first-order chi connectivity index (χ1) is 17.5. The van der Waals surface area contributed by atoms with Crippen molar-refractivity contribution in [3.8, 4) is 11.5 Å². The summed E-state index contributed by atoms with van der Waals surface area (Å²) in [6.45, 7) is 5.10. The lowest BCUT2D eigenvalue weighted by atomic mass is 9.69. The maximum Gasteiger partial charge on any atom is 0.308 e. The summed E-state index contributed by atoms with van der Waals surface area (Å²) < 4.78 is 22.0. The first-order valence-electron chi connectivity index (χ1n) is 13.0. The summed E-state index contributed by atoms with van der Waals surface area (Å²) >= 11 is 0. The van der Waals surface area contributed by atoms with Gasteiger partial charge in [-0.2, -0.15) is 0 Å². The molecule has 0 unspecified atom stereocenters. The SMILES string of the molecule is COC(=O)C[C@](O)(CCC(C)(C)O)C(=O)[C@@H]1C(OC)=C[C@]23CCCN2CCc2cc4c(cc2[C@H]13)OCO4. The van der Waals surface area contributed by atoms with Crippen LogP contribution in [0.4, 0.5) is 0 Å². The molecule has 4 atom stereocenters. The number of esters is 1. The molecular weight excluding hydrogens is 478 g/mol. The molecular formula is C28H37NO8. The van der Waals surface area contributed by atoms with Crippen LogP contribution in [-0.2, 0) is 25.5 Å². The number of Topliss-reactive ketones (excluding diaryl/α,β-unsaturated/α-hetero) is 1. The highest BCUT2D eigenvalue weighted by molar-refractivity contribution is 5.96. The standard InChI is InChI=1S/C28H37NO8/c1-26(2,32)8-9-28(33,15-22(30)35-4)25(31)23-21(34-3)14-27-7-5-10-29(27)11-6-17-12-19-20(37-16-36-19)13-18(17)24(23)27/h12-14,23-24,32-33H,5-11,15-16H2,1-4H3/t23-,24-,27+,28-/m1/s1. The van der Waals surface area contributed by atoms with Crippen molar-refractivity contribution in [2.24, 2.45) is 5.92 Å². The number of aliphatic hydroxyl groups is 2. The van der Waals surface area contributed by atoms with Gasteiger partial charge in [-0.3, -0.25) is 14.5 Å². The molecule has 9 nitrogen and oxygen atoms in total. The predicted octanol–water partition coefficient (Wildman–Crippen LogP) is 2.46. The number of nitrogens with zero attached hydrogens (tertiary/aromatic N) is 1. The molecule has 1 aliphatic carbocycles. The van der Waals surface area contributed by atoms with E-state index in [2.05, 4.69) is 11.0 Å². The summed E-state index contributed by atoms with van der Waals surface area (Å²) in [7, 11) is 2.78. The van der Waals surface area contributed by atoms with Crippen molar-refractivity contribution < 1.29 is 38.7 Å². The minimum Gasteiger partial charge on any atom is -0.501 e. The summed E-state index contributed by atoms with van der Waals surface area (Å²) in [5, 5.41) is 22.2. The van der Waals surface area contributed by atoms with Gasteiger partial charge in [0.1, 0.15) is 11.4 Å². The van der Waals surface area contributed by atoms with Gasteiger partial charge in [0.15, 0.2) is 17.3 Å². The third kappa shape index (κ3) is 4.41. The molecule has 1 aromatic carbocycles. The van der Waals surface area contributed by atoms with Gasteiger partial charge in [0.2, 0.25) is 6.79 Å². The summed E-state index contributed by atoms with van der Waals surface area (Å²) in [5.74, 6) is -0.495. The number of rotatable bonds is 8. The zero-order valence-corrected chi connectivity index (χ0v) is 22.0. The van der Waals surface area contributed by atoms with Crippen LogP contribution in [0.25, 0.3) is 0 Å². The van der Waals surface area contributed by atoms with Gasteiger partial charge in [-0.25, -0.2) is 0 Å². The molecule has 37 heavy (non-hydrogen) atoms. The fourth-order valence-electron chi connectivity index (χ4n) is 6.72. The van der Waals surface area contributed by atoms with Crippen molar-refractivity contribution in [2.45, 2.75) is 75.0 Å².